The largest absolute Gasteiger partial charge is 0.310 e. The van der Waals surface area contributed by atoms with Crippen molar-refractivity contribution in [2.24, 2.45) is 0 Å². The third kappa shape index (κ3) is 5.29. The molecule has 0 aliphatic heterocycles. The summed E-state index contributed by atoms with van der Waals surface area (Å²) >= 11 is 0. The second-order valence-electron chi connectivity index (χ2n) is 5.36. The molecule has 1 rings (SSSR count). The summed E-state index contributed by atoms with van der Waals surface area (Å²) in [7, 11) is 2.14. The van der Waals surface area contributed by atoms with Crippen LogP contribution in [0.15, 0.2) is 24.3 Å². The summed E-state index contributed by atoms with van der Waals surface area (Å²) in [5, 5.41) is 3.45. The number of benzene rings is 1. The smallest absolute Gasteiger partial charge is 0.127 e. The highest BCUT2D eigenvalue weighted by atomic mass is 19.1. The van der Waals surface area contributed by atoms with Crippen LogP contribution in [0.2, 0.25) is 0 Å². The molecule has 0 saturated carbocycles. The predicted molar refractivity (Wildman–Crippen MR) is 79.8 cm³/mol. The number of nitrogens with zero attached hydrogens (tertiary/aromatic N) is 1. The number of hydrogen-bond donors (Lipinski definition) is 1. The van der Waals surface area contributed by atoms with Gasteiger partial charge in [-0.3, -0.25) is 0 Å². The highest BCUT2D eigenvalue weighted by molar-refractivity contribution is 5.20. The lowest BCUT2D eigenvalue weighted by atomic mass is 10.0. The maximum Gasteiger partial charge on any atom is 0.127 e. The van der Waals surface area contributed by atoms with Gasteiger partial charge in [0.1, 0.15) is 5.82 Å². The van der Waals surface area contributed by atoms with Crippen molar-refractivity contribution in [2.45, 2.75) is 45.7 Å². The molecule has 0 amide bonds. The standard InChI is InChI=1S/C16H27FN2/c1-5-16(14-9-6-7-10-15(14)17)18-11-8-12-19(4)13(2)3/h6-7,9-10,13,16,18H,5,8,11-12H2,1-4H3. The lowest BCUT2D eigenvalue weighted by Crippen LogP contribution is -2.30. The molecule has 1 aromatic carbocycles. The average Bonchev–Trinajstić information content (AvgIpc) is 2.39. The fraction of sp³-hybridized carbons (Fsp3) is 0.625. The van der Waals surface area contributed by atoms with Crippen LogP contribution in [0.3, 0.4) is 0 Å². The number of hydrogen-bond acceptors (Lipinski definition) is 2. The second-order valence-corrected chi connectivity index (χ2v) is 5.36. The van der Waals surface area contributed by atoms with Gasteiger partial charge in [-0.05, 0) is 52.9 Å². The molecule has 0 bridgehead atoms. The van der Waals surface area contributed by atoms with Crippen LogP contribution in [-0.4, -0.2) is 31.1 Å². The lowest BCUT2D eigenvalue weighted by molar-refractivity contribution is 0.267. The van der Waals surface area contributed by atoms with Crippen molar-refractivity contribution < 1.29 is 4.39 Å². The quantitative estimate of drug-likeness (QED) is 0.723. The molecule has 108 valence electrons. The van der Waals surface area contributed by atoms with Crippen LogP contribution in [0.1, 0.15) is 45.2 Å². The van der Waals surface area contributed by atoms with E-state index < -0.39 is 0 Å². The molecular weight excluding hydrogens is 239 g/mol. The van der Waals surface area contributed by atoms with E-state index >= 15 is 0 Å². The van der Waals surface area contributed by atoms with Crippen LogP contribution < -0.4 is 5.32 Å². The number of nitrogens with one attached hydrogen (secondary N) is 1. The van der Waals surface area contributed by atoms with Crippen molar-refractivity contribution >= 4 is 0 Å². The van der Waals surface area contributed by atoms with Gasteiger partial charge in [0.15, 0.2) is 0 Å². The minimum absolute atomic E-state index is 0.110. The Hall–Kier alpha value is -0.930. The lowest BCUT2D eigenvalue weighted by Gasteiger charge is -2.22. The normalized spacial score (nSPS) is 13.2. The molecule has 0 aliphatic rings. The van der Waals surface area contributed by atoms with Crippen LogP contribution in [0.5, 0.6) is 0 Å². The topological polar surface area (TPSA) is 15.3 Å². The maximum atomic E-state index is 13.7. The maximum absolute atomic E-state index is 13.7. The summed E-state index contributed by atoms with van der Waals surface area (Å²) in [6.45, 7) is 8.47. The van der Waals surface area contributed by atoms with Gasteiger partial charge in [-0.2, -0.15) is 0 Å². The van der Waals surface area contributed by atoms with E-state index in [0.29, 0.717) is 6.04 Å². The first-order valence-corrected chi connectivity index (χ1v) is 7.24. The van der Waals surface area contributed by atoms with Gasteiger partial charge in [0.2, 0.25) is 0 Å². The van der Waals surface area contributed by atoms with Gasteiger partial charge in [0.05, 0.1) is 0 Å². The molecule has 0 aliphatic carbocycles. The van der Waals surface area contributed by atoms with Crippen molar-refractivity contribution in [3.05, 3.63) is 35.6 Å². The number of rotatable bonds is 8. The third-order valence-corrected chi connectivity index (χ3v) is 3.65. The van der Waals surface area contributed by atoms with Gasteiger partial charge in [-0.15, -0.1) is 0 Å². The molecule has 19 heavy (non-hydrogen) atoms. The first kappa shape index (κ1) is 16.1. The van der Waals surface area contributed by atoms with E-state index in [1.165, 1.54) is 6.07 Å². The fourth-order valence-electron chi connectivity index (χ4n) is 2.09. The molecule has 0 radical (unpaired) electrons. The van der Waals surface area contributed by atoms with Gasteiger partial charge in [0.25, 0.3) is 0 Å². The van der Waals surface area contributed by atoms with Gasteiger partial charge in [-0.1, -0.05) is 25.1 Å². The Morgan fingerprint density at radius 3 is 2.53 bits per heavy atom. The van der Waals surface area contributed by atoms with Gasteiger partial charge >= 0.3 is 0 Å². The molecule has 3 heteroatoms. The molecule has 1 unspecified atom stereocenters. The van der Waals surface area contributed by atoms with Crippen molar-refractivity contribution in [3.8, 4) is 0 Å². The van der Waals surface area contributed by atoms with E-state index in [1.807, 2.05) is 12.1 Å². The Morgan fingerprint density at radius 1 is 1.26 bits per heavy atom. The fourth-order valence-corrected chi connectivity index (χ4v) is 2.09. The minimum Gasteiger partial charge on any atom is -0.310 e. The summed E-state index contributed by atoms with van der Waals surface area (Å²) in [6, 6.07) is 7.74. The summed E-state index contributed by atoms with van der Waals surface area (Å²) in [5.41, 5.74) is 0.780. The average molecular weight is 266 g/mol. The zero-order valence-corrected chi connectivity index (χ0v) is 12.6. The van der Waals surface area contributed by atoms with Crippen LogP contribution in [-0.2, 0) is 0 Å². The molecule has 0 fully saturated rings. The molecular formula is C16H27FN2. The molecule has 2 nitrogen and oxygen atoms in total. The molecule has 1 atom stereocenters. The van der Waals surface area contributed by atoms with Crippen molar-refractivity contribution in [1.82, 2.24) is 10.2 Å². The van der Waals surface area contributed by atoms with Crippen LogP contribution >= 0.6 is 0 Å². The predicted octanol–water partition coefficient (Wildman–Crippen LogP) is 3.60. The van der Waals surface area contributed by atoms with Crippen LogP contribution in [0.25, 0.3) is 0 Å². The van der Waals surface area contributed by atoms with E-state index in [-0.39, 0.29) is 11.9 Å². The summed E-state index contributed by atoms with van der Waals surface area (Å²) in [4.78, 5) is 2.33. The van der Waals surface area contributed by atoms with Crippen molar-refractivity contribution in [2.75, 3.05) is 20.1 Å². The monoisotopic (exact) mass is 266 g/mol. The van der Waals surface area contributed by atoms with Gasteiger partial charge in [0, 0.05) is 17.6 Å². The van der Waals surface area contributed by atoms with E-state index in [0.717, 1.165) is 31.5 Å². The Balaban J connectivity index is 2.40. The third-order valence-electron chi connectivity index (χ3n) is 3.65. The van der Waals surface area contributed by atoms with E-state index in [4.69, 9.17) is 0 Å². The summed E-state index contributed by atoms with van der Waals surface area (Å²) in [6.07, 6.45) is 1.99. The van der Waals surface area contributed by atoms with Gasteiger partial charge in [-0.25, -0.2) is 4.39 Å². The molecule has 0 saturated heterocycles. The number of halogens is 1. The molecule has 1 N–H and O–H groups in total. The Morgan fingerprint density at radius 2 is 1.95 bits per heavy atom. The zero-order chi connectivity index (χ0) is 14.3. The molecule has 0 aromatic heterocycles. The summed E-state index contributed by atoms with van der Waals surface area (Å²) < 4.78 is 13.7. The highest BCUT2D eigenvalue weighted by Gasteiger charge is 2.12. The molecule has 1 aromatic rings. The van der Waals surface area contributed by atoms with Crippen LogP contribution in [0.4, 0.5) is 4.39 Å². The molecule has 0 heterocycles. The SMILES string of the molecule is CCC(NCCCN(C)C(C)C)c1ccccc1F. The van der Waals surface area contributed by atoms with E-state index in [2.05, 4.69) is 38.0 Å². The van der Waals surface area contributed by atoms with E-state index in [1.54, 1.807) is 6.07 Å². The Kier molecular flexibility index (Phi) is 7.03. The van der Waals surface area contributed by atoms with Gasteiger partial charge < -0.3 is 10.2 Å². The minimum atomic E-state index is -0.110. The van der Waals surface area contributed by atoms with Crippen molar-refractivity contribution in [3.63, 3.8) is 0 Å². The second kappa shape index (κ2) is 8.28. The van der Waals surface area contributed by atoms with Crippen LogP contribution in [0, 0.1) is 5.82 Å². The highest BCUT2D eigenvalue weighted by Crippen LogP contribution is 2.19. The first-order valence-electron chi connectivity index (χ1n) is 7.24. The Bertz CT molecular complexity index is 366. The molecule has 0 spiro atoms. The summed E-state index contributed by atoms with van der Waals surface area (Å²) in [5.74, 6) is -0.110. The zero-order valence-electron chi connectivity index (χ0n) is 12.6. The van der Waals surface area contributed by atoms with E-state index in [9.17, 15) is 4.39 Å². The Labute approximate surface area is 117 Å². The first-order chi connectivity index (χ1) is 9.06. The van der Waals surface area contributed by atoms with Crippen molar-refractivity contribution in [1.29, 1.82) is 0 Å².